The lowest BCUT2D eigenvalue weighted by Gasteiger charge is -2.64. The van der Waals surface area contributed by atoms with Crippen LogP contribution in [0.1, 0.15) is 164 Å². The van der Waals surface area contributed by atoms with E-state index in [-0.39, 0.29) is 6.10 Å². The van der Waals surface area contributed by atoms with Gasteiger partial charge in [0.05, 0.1) is 6.10 Å². The van der Waals surface area contributed by atoms with Gasteiger partial charge in [0, 0.05) is 13.2 Å². The van der Waals surface area contributed by atoms with Crippen molar-refractivity contribution in [2.45, 2.75) is 170 Å². The third-order valence-corrected chi connectivity index (χ3v) is 14.2. The van der Waals surface area contributed by atoms with E-state index in [0.717, 1.165) is 67.5 Å². The fourth-order valence-electron chi connectivity index (χ4n) is 12.0. The summed E-state index contributed by atoms with van der Waals surface area (Å²) in [7, 11) is 0. The van der Waals surface area contributed by atoms with Crippen molar-refractivity contribution in [3.8, 4) is 0 Å². The lowest BCUT2D eigenvalue weighted by Crippen LogP contribution is -2.57. The lowest BCUT2D eigenvalue weighted by molar-refractivity contribution is -0.156. The Balaban J connectivity index is 1.48. The molecule has 2 unspecified atom stereocenters. The largest absolute Gasteiger partial charge is 0.393 e. The molecule has 0 saturated heterocycles. The highest BCUT2D eigenvalue weighted by Gasteiger charge is 2.66. The van der Waals surface area contributed by atoms with Crippen LogP contribution in [0, 0.1) is 57.7 Å². The first-order valence-electron chi connectivity index (χ1n) is 18.4. The maximum absolute atomic E-state index is 10.5. The highest BCUT2D eigenvalue weighted by Crippen LogP contribution is 2.74. The predicted octanol–water partition coefficient (Wildman–Crippen LogP) is 10.9. The summed E-state index contributed by atoms with van der Waals surface area (Å²) in [5, 5.41) is 10.5. The van der Waals surface area contributed by atoms with Gasteiger partial charge in [0.1, 0.15) is 0 Å². The highest BCUT2D eigenvalue weighted by atomic mass is 16.5. The molecule has 1 N–H and O–H groups in total. The van der Waals surface area contributed by atoms with Crippen LogP contribution in [-0.4, -0.2) is 24.4 Å². The SMILES string of the molecule is CCCCCCOCCCC(C)[C@@]1([C@H](C)CCCC(C)C)CC[C@H]2[C@@H]3CCC4C[C@H](O)CC[C@]4(C)[C@H]3CC[C@@]21C. The van der Waals surface area contributed by atoms with Gasteiger partial charge in [-0.15, -0.1) is 0 Å². The predicted molar refractivity (Wildman–Crippen MR) is 171 cm³/mol. The molecule has 0 amide bonds. The van der Waals surface area contributed by atoms with Crippen LogP contribution in [0.25, 0.3) is 0 Å². The number of unbranched alkanes of at least 4 members (excludes halogenated alkanes) is 3. The molecule has 0 radical (unpaired) electrons. The van der Waals surface area contributed by atoms with E-state index in [9.17, 15) is 5.11 Å². The maximum atomic E-state index is 10.5. The number of fused-ring (bicyclic) bond motifs is 5. The Kier molecular flexibility index (Phi) is 11.6. The number of aliphatic hydroxyl groups excluding tert-OH is 1. The zero-order chi connectivity index (χ0) is 29.0. The molecule has 0 aromatic rings. The van der Waals surface area contributed by atoms with Crippen molar-refractivity contribution in [2.24, 2.45) is 57.7 Å². The molecule has 4 fully saturated rings. The summed E-state index contributed by atoms with van der Waals surface area (Å²) in [6, 6.07) is 0. The summed E-state index contributed by atoms with van der Waals surface area (Å²) >= 11 is 0. The van der Waals surface area contributed by atoms with Gasteiger partial charge in [0.2, 0.25) is 0 Å². The van der Waals surface area contributed by atoms with Crippen LogP contribution in [0.3, 0.4) is 0 Å². The molecule has 10 atom stereocenters. The topological polar surface area (TPSA) is 29.5 Å². The van der Waals surface area contributed by atoms with Gasteiger partial charge >= 0.3 is 0 Å². The standard InChI is InChI=1S/C38H70O2/c1-8-9-10-11-25-40-26-13-16-30(5)38(29(4)15-12-14-28(2)3)24-21-35-33-18-17-31-27-32(39)19-22-36(31,6)34(33)20-23-37(35,38)7/h28-35,39H,8-27H2,1-7H3/t29-,30?,31?,32-,33-,34+,35+,36+,37+,38+/m1/s1. The van der Waals surface area contributed by atoms with Crippen molar-refractivity contribution in [2.75, 3.05) is 13.2 Å². The average molecular weight is 559 g/mol. The summed E-state index contributed by atoms with van der Waals surface area (Å²) in [5.41, 5.74) is 1.46. The molecule has 0 aromatic heterocycles. The molecule has 4 aliphatic carbocycles. The van der Waals surface area contributed by atoms with Crippen LogP contribution < -0.4 is 0 Å². The van der Waals surface area contributed by atoms with Crippen molar-refractivity contribution in [1.82, 2.24) is 0 Å². The molecular formula is C38H70O2. The first-order valence-corrected chi connectivity index (χ1v) is 18.4. The normalized spacial score (nSPS) is 40.9. The van der Waals surface area contributed by atoms with Crippen molar-refractivity contribution >= 4 is 0 Å². The molecule has 40 heavy (non-hydrogen) atoms. The molecule has 0 aromatic carbocycles. The summed E-state index contributed by atoms with van der Waals surface area (Å²) in [5.74, 6) is 5.94. The lowest BCUT2D eigenvalue weighted by atomic mass is 9.41. The van der Waals surface area contributed by atoms with Gasteiger partial charge in [-0.05, 0) is 135 Å². The van der Waals surface area contributed by atoms with Crippen LogP contribution in [0.15, 0.2) is 0 Å². The zero-order valence-electron chi connectivity index (χ0n) is 28.1. The number of hydrogen-bond donors (Lipinski definition) is 1. The molecule has 0 aliphatic heterocycles. The third-order valence-electron chi connectivity index (χ3n) is 14.2. The second-order valence-corrected chi connectivity index (χ2v) is 16.6. The minimum atomic E-state index is -0.0320. The van der Waals surface area contributed by atoms with E-state index in [2.05, 4.69) is 48.5 Å². The Hall–Kier alpha value is -0.0800. The van der Waals surface area contributed by atoms with E-state index in [1.807, 2.05) is 0 Å². The third kappa shape index (κ3) is 6.39. The first kappa shape index (κ1) is 32.8. The van der Waals surface area contributed by atoms with Crippen LogP contribution in [0.2, 0.25) is 0 Å². The van der Waals surface area contributed by atoms with E-state index in [4.69, 9.17) is 4.74 Å². The van der Waals surface area contributed by atoms with E-state index in [1.165, 1.54) is 103 Å². The molecule has 0 spiro atoms. The molecule has 0 bridgehead atoms. The molecule has 4 rings (SSSR count). The van der Waals surface area contributed by atoms with Crippen LogP contribution in [0.4, 0.5) is 0 Å². The molecule has 4 saturated carbocycles. The average Bonchev–Trinajstić information content (AvgIpc) is 3.24. The van der Waals surface area contributed by atoms with Crippen LogP contribution >= 0.6 is 0 Å². The second kappa shape index (κ2) is 14.1. The van der Waals surface area contributed by atoms with Crippen molar-refractivity contribution in [3.63, 3.8) is 0 Å². The highest BCUT2D eigenvalue weighted by molar-refractivity contribution is 5.15. The molecular weight excluding hydrogens is 488 g/mol. The van der Waals surface area contributed by atoms with E-state index in [0.29, 0.717) is 16.2 Å². The van der Waals surface area contributed by atoms with Crippen molar-refractivity contribution in [3.05, 3.63) is 0 Å². The van der Waals surface area contributed by atoms with Gasteiger partial charge < -0.3 is 9.84 Å². The van der Waals surface area contributed by atoms with E-state index < -0.39 is 0 Å². The Labute approximate surface area is 250 Å². The van der Waals surface area contributed by atoms with Gasteiger partial charge in [-0.1, -0.05) is 87.0 Å². The Morgan fingerprint density at radius 2 is 1.43 bits per heavy atom. The molecule has 2 heteroatoms. The van der Waals surface area contributed by atoms with Gasteiger partial charge in [-0.3, -0.25) is 0 Å². The summed E-state index contributed by atoms with van der Waals surface area (Å²) < 4.78 is 6.13. The summed E-state index contributed by atoms with van der Waals surface area (Å²) in [6.07, 6.45) is 24.1. The fraction of sp³-hybridized carbons (Fsp3) is 1.00. The van der Waals surface area contributed by atoms with Gasteiger partial charge in [-0.25, -0.2) is 0 Å². The molecule has 0 heterocycles. The van der Waals surface area contributed by atoms with Crippen molar-refractivity contribution in [1.29, 1.82) is 0 Å². The van der Waals surface area contributed by atoms with Gasteiger partial charge in [0.15, 0.2) is 0 Å². The minimum Gasteiger partial charge on any atom is -0.393 e. The van der Waals surface area contributed by atoms with Crippen LogP contribution in [-0.2, 0) is 4.74 Å². The Morgan fingerprint density at radius 1 is 0.725 bits per heavy atom. The first-order chi connectivity index (χ1) is 19.1. The van der Waals surface area contributed by atoms with Crippen LogP contribution in [0.5, 0.6) is 0 Å². The Bertz CT molecular complexity index is 763. The summed E-state index contributed by atoms with van der Waals surface area (Å²) in [4.78, 5) is 0. The minimum absolute atomic E-state index is 0.0320. The van der Waals surface area contributed by atoms with Gasteiger partial charge in [-0.2, -0.15) is 0 Å². The summed E-state index contributed by atoms with van der Waals surface area (Å²) in [6.45, 7) is 19.8. The molecule has 4 aliphatic rings. The van der Waals surface area contributed by atoms with E-state index in [1.54, 1.807) is 0 Å². The maximum Gasteiger partial charge on any atom is 0.0543 e. The van der Waals surface area contributed by atoms with E-state index >= 15 is 0 Å². The van der Waals surface area contributed by atoms with Gasteiger partial charge in [0.25, 0.3) is 0 Å². The fourth-order valence-corrected chi connectivity index (χ4v) is 12.0. The zero-order valence-corrected chi connectivity index (χ0v) is 28.1. The number of rotatable bonds is 15. The Morgan fingerprint density at radius 3 is 2.15 bits per heavy atom. The molecule has 234 valence electrons. The monoisotopic (exact) mass is 559 g/mol. The quantitative estimate of drug-likeness (QED) is 0.203. The number of ether oxygens (including phenoxy) is 1. The number of aliphatic hydroxyl groups is 1. The second-order valence-electron chi connectivity index (χ2n) is 16.6. The van der Waals surface area contributed by atoms with Crippen molar-refractivity contribution < 1.29 is 9.84 Å². The number of hydrogen-bond acceptors (Lipinski definition) is 2. The molecule has 2 nitrogen and oxygen atoms in total. The smallest absolute Gasteiger partial charge is 0.0543 e.